The molecular weight excluding hydrogens is 555 g/mol. The summed E-state index contributed by atoms with van der Waals surface area (Å²) in [6, 6.07) is 6.87. The molecule has 3 rings (SSSR count). The van der Waals surface area contributed by atoms with Crippen molar-refractivity contribution in [2.75, 3.05) is 6.54 Å². The average molecular weight is 588 g/mol. The van der Waals surface area contributed by atoms with E-state index >= 15 is 0 Å². The third-order valence-electron chi connectivity index (χ3n) is 5.46. The van der Waals surface area contributed by atoms with E-state index in [4.69, 9.17) is 4.74 Å². The van der Waals surface area contributed by atoms with Gasteiger partial charge in [0.1, 0.15) is 6.04 Å². The number of halogens is 3. The van der Waals surface area contributed by atoms with E-state index in [2.05, 4.69) is 10.3 Å². The van der Waals surface area contributed by atoms with Crippen LogP contribution in [0.1, 0.15) is 57.0 Å². The molecule has 0 saturated carbocycles. The number of benzene rings is 2. The highest BCUT2D eigenvalue weighted by Crippen LogP contribution is 2.38. The van der Waals surface area contributed by atoms with Gasteiger partial charge in [-0.2, -0.15) is 17.9 Å². The number of nitrogens with one attached hydrogen (secondary N) is 2. The largest absolute Gasteiger partial charge is 0.404 e. The minimum atomic E-state index is -4.75. The Morgan fingerprint density at radius 1 is 1.08 bits per heavy atom. The maximum atomic E-state index is 13.1. The molecule has 1 amide bonds. The van der Waals surface area contributed by atoms with Crippen LogP contribution in [-0.2, 0) is 21.4 Å². The van der Waals surface area contributed by atoms with Crippen molar-refractivity contribution in [3.8, 4) is 10.4 Å². The molecule has 8 nitrogen and oxygen atoms in total. The number of rotatable bonds is 9. The van der Waals surface area contributed by atoms with Gasteiger partial charge in [-0.3, -0.25) is 4.79 Å². The Morgan fingerprint density at radius 3 is 2.26 bits per heavy atom. The highest BCUT2D eigenvalue weighted by atomic mass is 32.2. The van der Waals surface area contributed by atoms with Crippen LogP contribution in [0.25, 0.3) is 21.2 Å². The summed E-state index contributed by atoms with van der Waals surface area (Å²) in [6.45, 7) is 9.46. The van der Waals surface area contributed by atoms with Crippen LogP contribution >= 0.6 is 11.3 Å². The quantitative estimate of drug-likeness (QED) is 0.324. The molecule has 3 N–H and O–H groups in total. The number of alkyl halides is 3. The maximum absolute atomic E-state index is 13.1. The van der Waals surface area contributed by atoms with Gasteiger partial charge in [0.15, 0.2) is 5.01 Å². The Bertz CT molecular complexity index is 1460. The zero-order chi connectivity index (χ0) is 29.4. The van der Waals surface area contributed by atoms with Crippen molar-refractivity contribution in [2.45, 2.75) is 76.5 Å². The summed E-state index contributed by atoms with van der Waals surface area (Å²) in [6.07, 6.45) is -4.75. The van der Waals surface area contributed by atoms with Crippen molar-refractivity contribution in [1.29, 1.82) is 0 Å². The summed E-state index contributed by atoms with van der Waals surface area (Å²) in [5.41, 5.74) is -0.679. The molecule has 0 spiro atoms. The van der Waals surface area contributed by atoms with Crippen LogP contribution < -0.4 is 10.0 Å². The number of fused-ring (bicyclic) bond motifs is 1. The number of aliphatic hydroxyl groups is 1. The van der Waals surface area contributed by atoms with Crippen molar-refractivity contribution in [3.05, 3.63) is 47.1 Å². The fourth-order valence-electron chi connectivity index (χ4n) is 3.48. The summed E-state index contributed by atoms with van der Waals surface area (Å²) in [5, 5.41) is 13.4. The number of nitrogens with zero attached hydrogens (tertiary/aromatic N) is 1. The van der Waals surface area contributed by atoms with E-state index in [1.807, 2.05) is 20.8 Å². The number of amides is 1. The molecule has 3 aromatic rings. The Morgan fingerprint density at radius 2 is 1.69 bits per heavy atom. The van der Waals surface area contributed by atoms with Crippen molar-refractivity contribution < 1.29 is 36.2 Å². The first-order valence-corrected chi connectivity index (χ1v) is 14.3. The molecule has 1 aromatic heterocycles. The molecule has 13 heteroatoms. The zero-order valence-electron chi connectivity index (χ0n) is 22.4. The molecule has 0 aliphatic rings. The zero-order valence-corrected chi connectivity index (χ0v) is 24.1. The van der Waals surface area contributed by atoms with Gasteiger partial charge < -0.3 is 15.2 Å². The van der Waals surface area contributed by atoms with Crippen molar-refractivity contribution in [1.82, 2.24) is 15.0 Å². The highest BCUT2D eigenvalue weighted by molar-refractivity contribution is 7.89. The van der Waals surface area contributed by atoms with Gasteiger partial charge in [-0.1, -0.05) is 30.3 Å². The van der Waals surface area contributed by atoms with Crippen LogP contribution in [-0.4, -0.2) is 54.4 Å². The monoisotopic (exact) mass is 587 g/mol. The number of sulfonamides is 1. The second-order valence-electron chi connectivity index (χ2n) is 10.7. The van der Waals surface area contributed by atoms with Gasteiger partial charge >= 0.3 is 6.18 Å². The summed E-state index contributed by atoms with van der Waals surface area (Å²) in [7, 11) is -4.53. The predicted octanol–water partition coefficient (Wildman–Crippen LogP) is 5.01. The van der Waals surface area contributed by atoms with Gasteiger partial charge in [-0.25, -0.2) is 13.4 Å². The van der Waals surface area contributed by atoms with E-state index in [1.54, 1.807) is 36.8 Å². The first-order chi connectivity index (χ1) is 17.8. The van der Waals surface area contributed by atoms with E-state index in [0.717, 1.165) is 18.3 Å². The summed E-state index contributed by atoms with van der Waals surface area (Å²) < 4.78 is 72.8. The van der Waals surface area contributed by atoms with Crippen molar-refractivity contribution in [2.24, 2.45) is 0 Å². The van der Waals surface area contributed by atoms with Crippen LogP contribution in [0.15, 0.2) is 41.3 Å². The SMILES string of the molecule is C[C@H](NS(=O)(=O)c1ccc(-c2sc(C(=O)NCC(C)(C)O)nc2COC(C)(C)C)c2ccccc12)C(F)(F)F. The van der Waals surface area contributed by atoms with E-state index in [0.29, 0.717) is 21.5 Å². The van der Waals surface area contributed by atoms with Crippen LogP contribution in [0.2, 0.25) is 0 Å². The van der Waals surface area contributed by atoms with Gasteiger partial charge in [0.05, 0.1) is 33.3 Å². The third kappa shape index (κ3) is 7.98. The molecule has 1 atom stereocenters. The highest BCUT2D eigenvalue weighted by Gasteiger charge is 2.39. The van der Waals surface area contributed by atoms with Crippen molar-refractivity contribution >= 4 is 38.0 Å². The molecule has 0 unspecified atom stereocenters. The van der Waals surface area contributed by atoms with Gasteiger partial charge in [0.25, 0.3) is 5.91 Å². The van der Waals surface area contributed by atoms with E-state index in [1.165, 1.54) is 18.2 Å². The molecule has 1 heterocycles. The number of thiazole rings is 1. The lowest BCUT2D eigenvalue weighted by Crippen LogP contribution is -2.43. The van der Waals surface area contributed by atoms with Crippen molar-refractivity contribution in [3.63, 3.8) is 0 Å². The minimum absolute atomic E-state index is 0.00654. The van der Waals surface area contributed by atoms with Gasteiger partial charge in [-0.05, 0) is 53.0 Å². The Balaban J connectivity index is 2.13. The first kappa shape index (κ1) is 31.0. The van der Waals surface area contributed by atoms with E-state index in [9.17, 15) is 31.5 Å². The molecular formula is C26H32F3N3O5S2. The lowest BCUT2D eigenvalue weighted by molar-refractivity contribution is -0.147. The van der Waals surface area contributed by atoms with E-state index in [-0.39, 0.29) is 28.4 Å². The first-order valence-electron chi connectivity index (χ1n) is 12.0. The molecule has 0 saturated heterocycles. The number of ether oxygens (including phenoxy) is 1. The van der Waals surface area contributed by atoms with E-state index < -0.39 is 39.4 Å². The fourth-order valence-corrected chi connectivity index (χ4v) is 5.95. The van der Waals surface area contributed by atoms with Gasteiger partial charge in [-0.15, -0.1) is 11.3 Å². The Kier molecular flexibility index (Phi) is 8.83. The minimum Gasteiger partial charge on any atom is -0.389 e. The van der Waals surface area contributed by atoms with Crippen LogP contribution in [0.3, 0.4) is 0 Å². The average Bonchev–Trinajstić information content (AvgIpc) is 3.23. The van der Waals surface area contributed by atoms with Gasteiger partial charge in [0.2, 0.25) is 10.0 Å². The molecule has 0 bridgehead atoms. The summed E-state index contributed by atoms with van der Waals surface area (Å²) in [4.78, 5) is 17.5. The number of carbonyl (C=O) groups excluding carboxylic acids is 1. The Labute approximate surface area is 229 Å². The second kappa shape index (κ2) is 11.1. The standard InChI is InChI=1S/C26H32F3N3O5S2/c1-15(26(27,28)29)32-39(35,36)20-12-11-18(16-9-7-8-10-17(16)20)21-19(13-37-24(2,3)4)31-23(38-21)22(33)30-14-25(5,6)34/h7-12,15,32,34H,13-14H2,1-6H3,(H,30,33)/t15-/m0/s1. The number of carbonyl (C=O) groups is 1. The van der Waals surface area contributed by atoms with Crippen LogP contribution in [0, 0.1) is 0 Å². The molecule has 0 aliphatic carbocycles. The fraction of sp³-hybridized carbons (Fsp3) is 0.462. The lowest BCUT2D eigenvalue weighted by Gasteiger charge is -2.20. The van der Waals surface area contributed by atoms with Gasteiger partial charge in [0, 0.05) is 17.5 Å². The topological polar surface area (TPSA) is 118 Å². The molecule has 39 heavy (non-hydrogen) atoms. The number of hydrogen-bond acceptors (Lipinski definition) is 7. The van der Waals surface area contributed by atoms with Crippen LogP contribution in [0.5, 0.6) is 0 Å². The normalized spacial score (nSPS) is 14.0. The molecule has 0 fully saturated rings. The lowest BCUT2D eigenvalue weighted by atomic mass is 10.0. The van der Waals surface area contributed by atoms with Crippen LogP contribution in [0.4, 0.5) is 13.2 Å². The molecule has 2 aromatic carbocycles. The summed E-state index contributed by atoms with van der Waals surface area (Å²) >= 11 is 1.07. The number of hydrogen-bond donors (Lipinski definition) is 3. The smallest absolute Gasteiger partial charge is 0.389 e. The Hall–Kier alpha value is -2.58. The number of aromatic nitrogens is 1. The third-order valence-corrected chi connectivity index (χ3v) is 8.18. The second-order valence-corrected chi connectivity index (χ2v) is 13.4. The maximum Gasteiger partial charge on any atom is 0.404 e. The molecule has 0 radical (unpaired) electrons. The molecule has 0 aliphatic heterocycles. The predicted molar refractivity (Wildman–Crippen MR) is 144 cm³/mol. The summed E-state index contributed by atoms with van der Waals surface area (Å²) in [5.74, 6) is -0.501. The molecule has 214 valence electrons.